The van der Waals surface area contributed by atoms with Crippen LogP contribution in [0.5, 0.6) is 0 Å². The first kappa shape index (κ1) is 17.3. The number of fused-ring (bicyclic) bond motifs is 1. The van der Waals surface area contributed by atoms with Crippen LogP contribution >= 0.6 is 23.6 Å². The van der Waals surface area contributed by atoms with E-state index in [0.717, 1.165) is 23.1 Å². The molecule has 0 unspecified atom stereocenters. The van der Waals surface area contributed by atoms with Gasteiger partial charge in [0.05, 0.1) is 10.2 Å². The van der Waals surface area contributed by atoms with Crippen LogP contribution in [0.25, 0.3) is 10.2 Å². The van der Waals surface area contributed by atoms with Gasteiger partial charge in [-0.15, -0.1) is 6.58 Å². The zero-order valence-electron chi connectivity index (χ0n) is 14.0. The van der Waals surface area contributed by atoms with Gasteiger partial charge in [0.2, 0.25) is 0 Å². The van der Waals surface area contributed by atoms with Crippen LogP contribution in [0.15, 0.2) is 30.9 Å². The average Bonchev–Trinajstić information content (AvgIpc) is 2.96. The maximum absolute atomic E-state index is 5.24. The van der Waals surface area contributed by atoms with Crippen LogP contribution in [0.2, 0.25) is 0 Å². The number of hydrogen-bond acceptors (Lipinski definition) is 4. The van der Waals surface area contributed by atoms with Crippen molar-refractivity contribution in [2.45, 2.75) is 26.3 Å². The Morgan fingerprint density at radius 3 is 3.00 bits per heavy atom. The number of rotatable bonds is 5. The van der Waals surface area contributed by atoms with E-state index in [2.05, 4.69) is 52.2 Å². The van der Waals surface area contributed by atoms with Crippen molar-refractivity contribution in [1.29, 1.82) is 0 Å². The van der Waals surface area contributed by atoms with Crippen LogP contribution in [0.4, 0.5) is 5.13 Å². The summed E-state index contributed by atoms with van der Waals surface area (Å²) >= 11 is 6.88. The molecule has 24 heavy (non-hydrogen) atoms. The molecule has 1 aliphatic heterocycles. The predicted molar refractivity (Wildman–Crippen MR) is 108 cm³/mol. The summed E-state index contributed by atoms with van der Waals surface area (Å²) in [4.78, 5) is 7.15. The fourth-order valence-corrected chi connectivity index (χ4v) is 4.08. The number of aromatic nitrogens is 1. The monoisotopic (exact) mass is 360 g/mol. The molecule has 0 amide bonds. The van der Waals surface area contributed by atoms with Crippen molar-refractivity contribution in [1.82, 2.24) is 15.2 Å². The Balaban J connectivity index is 1.65. The lowest BCUT2D eigenvalue weighted by Crippen LogP contribution is -2.32. The van der Waals surface area contributed by atoms with Gasteiger partial charge in [0.25, 0.3) is 0 Å². The minimum absolute atomic E-state index is 0.580. The van der Waals surface area contributed by atoms with E-state index < -0.39 is 0 Å². The number of thiazole rings is 1. The lowest BCUT2D eigenvalue weighted by Gasteiger charge is -2.30. The van der Waals surface area contributed by atoms with Crippen LogP contribution in [0.3, 0.4) is 0 Å². The summed E-state index contributed by atoms with van der Waals surface area (Å²) in [6.07, 6.45) is 4.40. The molecule has 1 aliphatic rings. The minimum atomic E-state index is 0.580. The van der Waals surface area contributed by atoms with E-state index in [4.69, 9.17) is 12.2 Å². The van der Waals surface area contributed by atoms with E-state index in [-0.39, 0.29) is 0 Å². The van der Waals surface area contributed by atoms with Gasteiger partial charge in [-0.25, -0.2) is 4.98 Å². The summed E-state index contributed by atoms with van der Waals surface area (Å²) in [7, 11) is 0. The molecule has 1 aromatic carbocycles. The largest absolute Gasteiger partial charge is 0.359 e. The Morgan fingerprint density at radius 2 is 2.25 bits per heavy atom. The average molecular weight is 361 g/mol. The quantitative estimate of drug-likeness (QED) is 0.623. The van der Waals surface area contributed by atoms with Crippen molar-refractivity contribution in [2.75, 3.05) is 25.0 Å². The van der Waals surface area contributed by atoms with Crippen LogP contribution in [0.1, 0.15) is 25.3 Å². The summed E-state index contributed by atoms with van der Waals surface area (Å²) in [5, 5.41) is 7.61. The normalized spacial score (nSPS) is 16.2. The molecular weight excluding hydrogens is 336 g/mol. The maximum atomic E-state index is 5.24. The van der Waals surface area contributed by atoms with Crippen LogP contribution in [-0.4, -0.2) is 34.6 Å². The van der Waals surface area contributed by atoms with Crippen molar-refractivity contribution in [3.8, 4) is 0 Å². The molecule has 1 fully saturated rings. The summed E-state index contributed by atoms with van der Waals surface area (Å²) < 4.78 is 1.20. The SMILES string of the molecule is C=CCNC(=S)Nc1nc2ccc(CN3CCC(C)CC3)cc2s1. The standard InChI is InChI=1S/C18H24N4S2/c1-3-8-19-17(23)21-18-20-15-5-4-14(11-16(15)24-18)12-22-9-6-13(2)7-10-22/h3-5,11,13H,1,6-10,12H2,2H3,(H2,19,20,21,23). The number of nitrogens with one attached hydrogen (secondary N) is 2. The molecule has 0 bridgehead atoms. The molecule has 0 radical (unpaired) electrons. The first-order chi connectivity index (χ1) is 11.6. The van der Waals surface area contributed by atoms with Crippen molar-refractivity contribution in [3.63, 3.8) is 0 Å². The number of thiocarbonyl (C=S) groups is 1. The molecule has 0 spiro atoms. The number of nitrogens with zero attached hydrogens (tertiary/aromatic N) is 2. The Labute approximate surface area is 153 Å². The number of anilines is 1. The van der Waals surface area contributed by atoms with Crippen molar-refractivity contribution < 1.29 is 0 Å². The zero-order valence-corrected chi connectivity index (χ0v) is 15.7. The highest BCUT2D eigenvalue weighted by Gasteiger charge is 2.16. The molecule has 0 saturated carbocycles. The van der Waals surface area contributed by atoms with Gasteiger partial charge in [-0.05, 0) is 61.8 Å². The lowest BCUT2D eigenvalue weighted by molar-refractivity contribution is 0.185. The fraction of sp³-hybridized carbons (Fsp3) is 0.444. The molecule has 0 atom stereocenters. The smallest absolute Gasteiger partial charge is 0.190 e. The van der Waals surface area contributed by atoms with E-state index in [9.17, 15) is 0 Å². The molecule has 6 heteroatoms. The van der Waals surface area contributed by atoms with Crippen molar-refractivity contribution >= 4 is 44.0 Å². The Hall–Kier alpha value is -1.50. The van der Waals surface area contributed by atoms with E-state index in [1.54, 1.807) is 17.4 Å². The third kappa shape index (κ3) is 4.53. The second-order valence-electron chi connectivity index (χ2n) is 6.40. The number of benzene rings is 1. The third-order valence-electron chi connectivity index (χ3n) is 4.36. The second-order valence-corrected chi connectivity index (χ2v) is 7.84. The molecule has 2 N–H and O–H groups in total. The fourth-order valence-electron chi connectivity index (χ4n) is 2.91. The highest BCUT2D eigenvalue weighted by molar-refractivity contribution is 7.80. The molecular formula is C18H24N4S2. The van der Waals surface area contributed by atoms with E-state index >= 15 is 0 Å². The van der Waals surface area contributed by atoms with Gasteiger partial charge in [0.1, 0.15) is 0 Å². The summed E-state index contributed by atoms with van der Waals surface area (Å²) in [6.45, 7) is 10.1. The van der Waals surface area contributed by atoms with Gasteiger partial charge in [0.15, 0.2) is 10.2 Å². The van der Waals surface area contributed by atoms with Crippen LogP contribution in [-0.2, 0) is 6.54 Å². The van der Waals surface area contributed by atoms with E-state index in [0.29, 0.717) is 11.7 Å². The number of piperidine rings is 1. The lowest BCUT2D eigenvalue weighted by atomic mass is 9.99. The summed E-state index contributed by atoms with van der Waals surface area (Å²) in [5.41, 5.74) is 2.38. The highest BCUT2D eigenvalue weighted by atomic mass is 32.1. The second kappa shape index (κ2) is 8.05. The van der Waals surface area contributed by atoms with Gasteiger partial charge in [-0.3, -0.25) is 4.90 Å². The van der Waals surface area contributed by atoms with Crippen molar-refractivity contribution in [3.05, 3.63) is 36.4 Å². The van der Waals surface area contributed by atoms with Crippen LogP contribution in [0, 0.1) is 5.92 Å². The molecule has 128 valence electrons. The summed E-state index contributed by atoms with van der Waals surface area (Å²) in [6, 6.07) is 6.56. The van der Waals surface area contributed by atoms with Gasteiger partial charge in [0, 0.05) is 13.1 Å². The number of hydrogen-bond donors (Lipinski definition) is 2. The minimum Gasteiger partial charge on any atom is -0.359 e. The molecule has 3 rings (SSSR count). The molecule has 2 heterocycles. The Bertz CT molecular complexity index is 717. The van der Waals surface area contributed by atoms with E-state index in [1.807, 2.05) is 0 Å². The van der Waals surface area contributed by atoms with Gasteiger partial charge in [-0.1, -0.05) is 30.4 Å². The third-order valence-corrected chi connectivity index (χ3v) is 5.54. The molecule has 1 saturated heterocycles. The number of likely N-dealkylation sites (tertiary alicyclic amines) is 1. The molecule has 0 aliphatic carbocycles. The van der Waals surface area contributed by atoms with Gasteiger partial charge >= 0.3 is 0 Å². The molecule has 1 aromatic heterocycles. The molecule has 2 aromatic rings. The predicted octanol–water partition coefficient (Wildman–Crippen LogP) is 4.00. The van der Waals surface area contributed by atoms with Gasteiger partial charge in [-0.2, -0.15) is 0 Å². The van der Waals surface area contributed by atoms with Crippen LogP contribution < -0.4 is 10.6 Å². The highest BCUT2D eigenvalue weighted by Crippen LogP contribution is 2.27. The summed E-state index contributed by atoms with van der Waals surface area (Å²) in [5.74, 6) is 0.873. The molecule has 4 nitrogen and oxygen atoms in total. The van der Waals surface area contributed by atoms with E-state index in [1.165, 1.54) is 36.2 Å². The van der Waals surface area contributed by atoms with Gasteiger partial charge < -0.3 is 10.6 Å². The maximum Gasteiger partial charge on any atom is 0.190 e. The zero-order chi connectivity index (χ0) is 16.9. The van der Waals surface area contributed by atoms with Crippen molar-refractivity contribution in [2.24, 2.45) is 5.92 Å². The topological polar surface area (TPSA) is 40.2 Å². The Kier molecular flexibility index (Phi) is 5.81. The first-order valence-corrected chi connectivity index (χ1v) is 9.64. The first-order valence-electron chi connectivity index (χ1n) is 8.41. The Morgan fingerprint density at radius 1 is 1.46 bits per heavy atom.